The van der Waals surface area contributed by atoms with Crippen LogP contribution in [0.4, 0.5) is 0 Å². The summed E-state index contributed by atoms with van der Waals surface area (Å²) in [5, 5.41) is 35.2. The Morgan fingerprint density at radius 1 is 0.899 bits per heavy atom. The molecule has 0 radical (unpaired) electrons. The topological polar surface area (TPSA) is 219 Å². The van der Waals surface area contributed by atoms with Gasteiger partial charge in [0.2, 0.25) is 5.79 Å². The Morgan fingerprint density at radius 3 is 2.33 bits per heavy atom. The number of allylic oxidation sites excluding steroid dienone is 6. The average Bonchev–Trinajstić information content (AvgIpc) is 3.88. The number of ether oxygens (including phenoxy) is 5. The van der Waals surface area contributed by atoms with Crippen LogP contribution in [0, 0.1) is 35.5 Å². The lowest BCUT2D eigenvalue weighted by molar-refractivity contribution is -0.265. The van der Waals surface area contributed by atoms with Crippen LogP contribution in [0.25, 0.3) is 0 Å². The minimum Gasteiger partial charge on any atom is -0.460 e. The van der Waals surface area contributed by atoms with Gasteiger partial charge in [0.15, 0.2) is 11.6 Å². The number of Topliss-reactive ketones (excluding diaryl/α,β-unsaturated/α-hetero) is 3. The Labute approximate surface area is 408 Å². The zero-order chi connectivity index (χ0) is 50.6. The van der Waals surface area contributed by atoms with Gasteiger partial charge in [-0.25, -0.2) is 9.48 Å². The predicted octanol–water partition coefficient (Wildman–Crippen LogP) is 6.05. The number of piperidine rings is 1. The third-order valence-electron chi connectivity index (χ3n) is 15.2. The maximum absolute atomic E-state index is 14.5. The fraction of sp³-hybridized carbons (Fsp3) is 0.731. The van der Waals surface area contributed by atoms with Crippen molar-refractivity contribution < 1.29 is 57.9 Å². The number of ketones is 3. The van der Waals surface area contributed by atoms with Crippen LogP contribution in [-0.4, -0.2) is 141 Å². The zero-order valence-electron chi connectivity index (χ0n) is 42.5. The lowest BCUT2D eigenvalue weighted by Gasteiger charge is -2.42. The molecule has 2 bridgehead atoms. The van der Waals surface area contributed by atoms with Crippen molar-refractivity contribution in [3.63, 3.8) is 0 Å². The molecule has 69 heavy (non-hydrogen) atoms. The van der Waals surface area contributed by atoms with Crippen molar-refractivity contribution in [3.05, 3.63) is 53.9 Å². The molecule has 5 rings (SSSR count). The van der Waals surface area contributed by atoms with Crippen molar-refractivity contribution in [3.8, 4) is 0 Å². The lowest BCUT2D eigenvalue weighted by atomic mass is 9.77. The summed E-state index contributed by atoms with van der Waals surface area (Å²) in [6, 6.07) is -1.20. The van der Waals surface area contributed by atoms with Crippen molar-refractivity contribution in [2.24, 2.45) is 35.5 Å². The standard InChI is InChI=1S/C52H79N5O12/c1-31-16-12-11-13-17-32(2)43(65-8)28-39-21-19-37(7)52(64,69-39)49(61)50(62)56-23-15-14-18-41(56)51(63)68-44(34(4)26-38-20-22-40(45(27-38)66-9)57-30-53-54-55-57)29-42(58)33(3)25-36(6)47(60)48(67-10)46(59)35(5)24-31/h11-13,16-17,25,30-31,34-41,43-45,47-48,60,64H,14-15,18-24,26-29H2,1-10H3/t31-,34-,35?,36?,37-,38?,39+,40+,41?,43+,44+,45?,47-,48?,52-/m1/s1. The van der Waals surface area contributed by atoms with Crippen LogP contribution in [-0.2, 0) is 47.7 Å². The van der Waals surface area contributed by atoms with Gasteiger partial charge >= 0.3 is 5.97 Å². The Bertz CT molecular complexity index is 2020. The number of cyclic esters (lactones) is 1. The molecule has 3 aliphatic heterocycles. The second-order valence-electron chi connectivity index (χ2n) is 20.4. The van der Waals surface area contributed by atoms with Crippen LogP contribution in [0.3, 0.4) is 0 Å². The number of rotatable bonds is 7. The summed E-state index contributed by atoms with van der Waals surface area (Å²) < 4.78 is 31.6. The maximum Gasteiger partial charge on any atom is 0.329 e. The zero-order valence-corrected chi connectivity index (χ0v) is 42.5. The van der Waals surface area contributed by atoms with E-state index in [1.165, 1.54) is 12.0 Å². The van der Waals surface area contributed by atoms with Gasteiger partial charge in [-0.1, -0.05) is 71.1 Å². The van der Waals surface area contributed by atoms with Crippen molar-refractivity contribution in [2.75, 3.05) is 27.9 Å². The Balaban J connectivity index is 1.46. The number of fused-ring (bicyclic) bond motifs is 3. The number of carbonyl (C=O) groups is 5. The fourth-order valence-corrected chi connectivity index (χ4v) is 10.8. The first-order valence-corrected chi connectivity index (χ1v) is 25.0. The van der Waals surface area contributed by atoms with Crippen molar-refractivity contribution in [2.45, 2.75) is 180 Å². The van der Waals surface area contributed by atoms with E-state index < -0.39 is 77.8 Å². The summed E-state index contributed by atoms with van der Waals surface area (Å²) in [5.74, 6) is -7.89. The van der Waals surface area contributed by atoms with E-state index in [2.05, 4.69) is 15.5 Å². The minimum absolute atomic E-state index is 0.0197. The third-order valence-corrected chi connectivity index (χ3v) is 15.2. The van der Waals surface area contributed by atoms with Gasteiger partial charge in [-0.3, -0.25) is 19.2 Å². The van der Waals surface area contributed by atoms with E-state index in [1.54, 1.807) is 52.1 Å². The van der Waals surface area contributed by atoms with Gasteiger partial charge in [0.05, 0.1) is 30.5 Å². The molecule has 6 unspecified atom stereocenters. The molecule has 1 aromatic heterocycles. The Kier molecular flexibility index (Phi) is 20.8. The molecular formula is C52H79N5O12. The average molecular weight is 966 g/mol. The number of methoxy groups -OCH3 is 3. The summed E-state index contributed by atoms with van der Waals surface area (Å²) in [6.07, 6.45) is 14.0. The Hall–Kier alpha value is -4.26. The van der Waals surface area contributed by atoms with Crippen LogP contribution in [0.15, 0.2) is 53.9 Å². The Morgan fingerprint density at radius 2 is 1.65 bits per heavy atom. The predicted molar refractivity (Wildman–Crippen MR) is 256 cm³/mol. The number of nitrogens with zero attached hydrogens (tertiary/aromatic N) is 5. The van der Waals surface area contributed by atoms with Crippen LogP contribution in [0.2, 0.25) is 0 Å². The molecule has 384 valence electrons. The number of hydrogen-bond acceptors (Lipinski definition) is 15. The van der Waals surface area contributed by atoms with E-state index >= 15 is 0 Å². The van der Waals surface area contributed by atoms with Crippen molar-refractivity contribution in [1.82, 2.24) is 25.1 Å². The SMILES string of the molecule is COC1C(=O)C(C)C[C@H](C)C=CC=CC=C(C)[C@@H](OC)C[C@@H]2CC[C@@H](C)[C@@](O)(O2)C(=O)C(=O)N2CCCCC2C(=O)O[C@H]([C@H](C)CC2CC[C@H](n3cnnn3)C(OC)C2)CC(=O)C(C)=CC(C)[C@H]1O. The van der Waals surface area contributed by atoms with Gasteiger partial charge < -0.3 is 38.8 Å². The number of aromatic nitrogens is 4. The lowest BCUT2D eigenvalue weighted by Crippen LogP contribution is -2.61. The second kappa shape index (κ2) is 25.7. The molecule has 4 heterocycles. The van der Waals surface area contributed by atoms with Gasteiger partial charge in [-0.2, -0.15) is 0 Å². The van der Waals surface area contributed by atoms with Crippen LogP contribution in [0.1, 0.15) is 132 Å². The summed E-state index contributed by atoms with van der Waals surface area (Å²) in [4.78, 5) is 72.3. The summed E-state index contributed by atoms with van der Waals surface area (Å²) in [5.41, 5.74) is 1.20. The van der Waals surface area contributed by atoms with Crippen LogP contribution >= 0.6 is 0 Å². The van der Waals surface area contributed by atoms with Crippen LogP contribution in [0.5, 0.6) is 0 Å². The molecule has 1 saturated carbocycles. The van der Waals surface area contributed by atoms with Gasteiger partial charge in [-0.15, -0.1) is 5.10 Å². The highest BCUT2D eigenvalue weighted by Crippen LogP contribution is 2.39. The highest BCUT2D eigenvalue weighted by molar-refractivity contribution is 6.39. The van der Waals surface area contributed by atoms with Crippen molar-refractivity contribution in [1.29, 1.82) is 0 Å². The number of esters is 1. The van der Waals surface area contributed by atoms with Gasteiger partial charge in [0.25, 0.3) is 11.7 Å². The molecule has 17 heteroatoms. The molecule has 1 aliphatic carbocycles. The first-order chi connectivity index (χ1) is 32.8. The highest BCUT2D eigenvalue weighted by atomic mass is 16.6. The van der Waals surface area contributed by atoms with E-state index in [-0.39, 0.29) is 60.9 Å². The highest BCUT2D eigenvalue weighted by Gasteiger charge is 2.53. The fourth-order valence-electron chi connectivity index (χ4n) is 10.8. The van der Waals surface area contributed by atoms with E-state index in [1.807, 2.05) is 58.1 Å². The van der Waals surface area contributed by atoms with E-state index in [4.69, 9.17) is 23.7 Å². The first kappa shape index (κ1) is 55.7. The second-order valence-corrected chi connectivity index (χ2v) is 20.4. The normalized spacial score (nSPS) is 36.3. The molecule has 4 aliphatic rings. The van der Waals surface area contributed by atoms with Gasteiger partial charge in [-0.05, 0) is 117 Å². The largest absolute Gasteiger partial charge is 0.460 e. The summed E-state index contributed by atoms with van der Waals surface area (Å²) in [7, 11) is 4.63. The number of hydrogen-bond donors (Lipinski definition) is 2. The molecule has 2 N–H and O–H groups in total. The molecule has 1 aromatic rings. The molecule has 0 aromatic carbocycles. The third kappa shape index (κ3) is 14.2. The van der Waals surface area contributed by atoms with E-state index in [0.717, 1.165) is 18.4 Å². The smallest absolute Gasteiger partial charge is 0.329 e. The van der Waals surface area contributed by atoms with E-state index in [0.29, 0.717) is 56.9 Å². The number of amides is 1. The molecule has 3 fully saturated rings. The molecule has 0 spiro atoms. The first-order valence-electron chi connectivity index (χ1n) is 25.0. The van der Waals surface area contributed by atoms with Gasteiger partial charge in [0, 0.05) is 58.5 Å². The number of carbonyl (C=O) groups excluding carboxylic acids is 5. The van der Waals surface area contributed by atoms with Gasteiger partial charge in [0.1, 0.15) is 24.6 Å². The minimum atomic E-state index is -2.43. The molecule has 2 saturated heterocycles. The van der Waals surface area contributed by atoms with Crippen LogP contribution < -0.4 is 0 Å². The monoisotopic (exact) mass is 966 g/mol. The van der Waals surface area contributed by atoms with E-state index in [9.17, 15) is 34.2 Å². The molecule has 1 amide bonds. The molecule has 15 atom stereocenters. The maximum atomic E-state index is 14.5. The number of tetrazole rings is 1. The quantitative estimate of drug-likeness (QED) is 0.235. The van der Waals surface area contributed by atoms with Crippen molar-refractivity contribution >= 4 is 29.2 Å². The molecule has 17 nitrogen and oxygen atoms in total. The molecular weight excluding hydrogens is 887 g/mol. The summed E-state index contributed by atoms with van der Waals surface area (Å²) in [6.45, 7) is 12.8. The number of aliphatic hydroxyl groups excluding tert-OH is 1. The summed E-state index contributed by atoms with van der Waals surface area (Å²) >= 11 is 0. The number of aliphatic hydroxyl groups is 2.